The van der Waals surface area contributed by atoms with Crippen LogP contribution in [0.4, 0.5) is 0 Å². The summed E-state index contributed by atoms with van der Waals surface area (Å²) >= 11 is 0. The molecule has 4 aliphatic rings. The maximum absolute atomic E-state index is 11.8. The van der Waals surface area contributed by atoms with Crippen molar-refractivity contribution < 1.29 is 14.4 Å². The van der Waals surface area contributed by atoms with Crippen LogP contribution in [-0.2, 0) is 14.4 Å². The zero-order valence-corrected chi connectivity index (χ0v) is 11.5. The minimum Gasteiger partial charge on any atom is -0.353 e. The third kappa shape index (κ3) is 2.69. The Kier molecular flexibility index (Phi) is 3.71. The molecule has 4 heterocycles. The number of hydrogen-bond acceptors (Lipinski definition) is 5. The molecule has 4 saturated heterocycles. The molecule has 3 amide bonds. The lowest BCUT2D eigenvalue weighted by molar-refractivity contribution is -0.142. The molecule has 1 atom stereocenters. The molecule has 0 aromatic carbocycles. The summed E-state index contributed by atoms with van der Waals surface area (Å²) in [4.78, 5) is 40.6. The van der Waals surface area contributed by atoms with Crippen molar-refractivity contribution in [2.75, 3.05) is 45.8 Å². The van der Waals surface area contributed by atoms with Gasteiger partial charge in [-0.25, -0.2) is 0 Å². The van der Waals surface area contributed by atoms with Gasteiger partial charge in [0.1, 0.15) is 6.54 Å². The van der Waals surface area contributed by atoms with Gasteiger partial charge in [-0.2, -0.15) is 0 Å². The molecular weight excluding hydrogens is 260 g/mol. The molecule has 0 aliphatic carbocycles. The molecular formula is C13H20N4O3. The second-order valence-corrected chi connectivity index (χ2v) is 5.67. The molecule has 0 saturated carbocycles. The van der Waals surface area contributed by atoms with E-state index in [1.807, 2.05) is 0 Å². The molecule has 7 heteroatoms. The molecule has 20 heavy (non-hydrogen) atoms. The molecule has 4 rings (SSSR count). The molecule has 4 fully saturated rings. The van der Waals surface area contributed by atoms with Gasteiger partial charge < -0.3 is 5.32 Å². The van der Waals surface area contributed by atoms with Gasteiger partial charge in [-0.05, 0) is 0 Å². The molecule has 0 radical (unpaired) electrons. The predicted molar refractivity (Wildman–Crippen MR) is 70.8 cm³/mol. The number of hydrogen-bond donors (Lipinski definition) is 1. The van der Waals surface area contributed by atoms with Gasteiger partial charge in [0, 0.05) is 58.2 Å². The SMILES string of the molecule is O=C(CN1C(=O)CCC1=O)NCC1CN2CCN1CC2. The molecule has 1 unspecified atom stereocenters. The summed E-state index contributed by atoms with van der Waals surface area (Å²) in [6.07, 6.45) is 0.467. The van der Waals surface area contributed by atoms with Gasteiger partial charge in [0.25, 0.3) is 0 Å². The Bertz CT molecular complexity index is 415. The fourth-order valence-electron chi connectivity index (χ4n) is 3.15. The average Bonchev–Trinajstić information content (AvgIpc) is 2.78. The molecule has 1 N–H and O–H groups in total. The van der Waals surface area contributed by atoms with Gasteiger partial charge in [-0.15, -0.1) is 0 Å². The highest BCUT2D eigenvalue weighted by atomic mass is 16.2. The van der Waals surface area contributed by atoms with Crippen molar-refractivity contribution in [1.29, 1.82) is 0 Å². The standard InChI is InChI=1S/C13H20N4O3/c18-11(9-17-12(19)1-2-13(17)20)14-7-10-8-15-3-5-16(10)6-4-15/h10H,1-9H2,(H,14,18). The second-order valence-electron chi connectivity index (χ2n) is 5.67. The van der Waals surface area contributed by atoms with Crippen LogP contribution < -0.4 is 5.32 Å². The molecule has 0 aromatic heterocycles. The third-order valence-corrected chi connectivity index (χ3v) is 4.38. The van der Waals surface area contributed by atoms with Crippen molar-refractivity contribution in [2.24, 2.45) is 0 Å². The quantitative estimate of drug-likeness (QED) is 0.618. The second kappa shape index (κ2) is 5.49. The summed E-state index contributed by atoms with van der Waals surface area (Å²) in [5, 5.41) is 2.85. The van der Waals surface area contributed by atoms with E-state index in [1.54, 1.807) is 0 Å². The maximum Gasteiger partial charge on any atom is 0.240 e. The van der Waals surface area contributed by atoms with Crippen molar-refractivity contribution >= 4 is 17.7 Å². The number of piperazine rings is 3. The van der Waals surface area contributed by atoms with E-state index in [4.69, 9.17) is 0 Å². The first-order chi connectivity index (χ1) is 9.63. The Labute approximate surface area is 117 Å². The van der Waals surface area contributed by atoms with Crippen molar-refractivity contribution in [2.45, 2.75) is 18.9 Å². The zero-order valence-electron chi connectivity index (χ0n) is 11.5. The number of likely N-dealkylation sites (tertiary alicyclic amines) is 1. The number of fused-ring (bicyclic) bond motifs is 3. The van der Waals surface area contributed by atoms with Crippen molar-refractivity contribution in [1.82, 2.24) is 20.0 Å². The predicted octanol–water partition coefficient (Wildman–Crippen LogP) is -1.75. The van der Waals surface area contributed by atoms with Crippen LogP contribution in [0.25, 0.3) is 0 Å². The minimum absolute atomic E-state index is 0.131. The molecule has 110 valence electrons. The Hall–Kier alpha value is -1.47. The number of rotatable bonds is 4. The topological polar surface area (TPSA) is 73.0 Å². The van der Waals surface area contributed by atoms with Gasteiger partial charge in [-0.1, -0.05) is 0 Å². The van der Waals surface area contributed by atoms with Crippen LogP contribution >= 0.6 is 0 Å². The Morgan fingerprint density at radius 3 is 2.30 bits per heavy atom. The van der Waals surface area contributed by atoms with Crippen LogP contribution in [0.3, 0.4) is 0 Å². The van der Waals surface area contributed by atoms with E-state index >= 15 is 0 Å². The zero-order chi connectivity index (χ0) is 14.1. The Morgan fingerprint density at radius 2 is 1.75 bits per heavy atom. The summed E-state index contributed by atoms with van der Waals surface area (Å²) < 4.78 is 0. The van der Waals surface area contributed by atoms with Crippen LogP contribution in [0.1, 0.15) is 12.8 Å². The molecule has 0 aromatic rings. The minimum atomic E-state index is -0.244. The highest BCUT2D eigenvalue weighted by Gasteiger charge is 2.33. The number of carbonyl (C=O) groups is 3. The van der Waals surface area contributed by atoms with Crippen molar-refractivity contribution in [3.63, 3.8) is 0 Å². The van der Waals surface area contributed by atoms with Gasteiger partial charge in [0.2, 0.25) is 17.7 Å². The lowest BCUT2D eigenvalue weighted by Crippen LogP contribution is -2.63. The number of nitrogens with one attached hydrogen (secondary N) is 1. The Morgan fingerprint density at radius 1 is 1.10 bits per heavy atom. The molecule has 7 nitrogen and oxygen atoms in total. The van der Waals surface area contributed by atoms with E-state index in [-0.39, 0.29) is 37.1 Å². The molecule has 2 bridgehead atoms. The van der Waals surface area contributed by atoms with Gasteiger partial charge in [0.05, 0.1) is 0 Å². The van der Waals surface area contributed by atoms with Crippen molar-refractivity contribution in [3.05, 3.63) is 0 Å². The fraction of sp³-hybridized carbons (Fsp3) is 0.769. The largest absolute Gasteiger partial charge is 0.353 e. The molecule has 4 aliphatic heterocycles. The highest BCUT2D eigenvalue weighted by molar-refractivity contribution is 6.04. The van der Waals surface area contributed by atoms with Crippen LogP contribution in [0.15, 0.2) is 0 Å². The number of amides is 3. The van der Waals surface area contributed by atoms with E-state index in [2.05, 4.69) is 15.1 Å². The lowest BCUT2D eigenvalue weighted by Gasteiger charge is -2.47. The van der Waals surface area contributed by atoms with Crippen LogP contribution in [-0.4, -0.2) is 84.3 Å². The average molecular weight is 280 g/mol. The Balaban J connectivity index is 1.45. The first-order valence-corrected chi connectivity index (χ1v) is 7.20. The summed E-state index contributed by atoms with van der Waals surface area (Å²) in [5.74, 6) is -0.722. The maximum atomic E-state index is 11.8. The fourth-order valence-corrected chi connectivity index (χ4v) is 3.15. The van der Waals surface area contributed by atoms with Gasteiger partial charge in [-0.3, -0.25) is 29.1 Å². The number of nitrogens with zero attached hydrogens (tertiary/aromatic N) is 3. The molecule has 0 spiro atoms. The summed E-state index contributed by atoms with van der Waals surface area (Å²) in [6.45, 7) is 5.79. The normalized spacial score (nSPS) is 32.8. The van der Waals surface area contributed by atoms with Crippen LogP contribution in [0.5, 0.6) is 0 Å². The lowest BCUT2D eigenvalue weighted by atomic mass is 10.1. The first kappa shape index (κ1) is 13.5. The van der Waals surface area contributed by atoms with E-state index in [1.165, 1.54) is 0 Å². The number of carbonyl (C=O) groups excluding carboxylic acids is 3. The summed E-state index contributed by atoms with van der Waals surface area (Å²) in [5.41, 5.74) is 0. The monoisotopic (exact) mass is 280 g/mol. The van der Waals surface area contributed by atoms with E-state index in [0.717, 1.165) is 37.6 Å². The summed E-state index contributed by atoms with van der Waals surface area (Å²) in [6, 6.07) is 0.353. The van der Waals surface area contributed by atoms with Crippen LogP contribution in [0, 0.1) is 0 Å². The van der Waals surface area contributed by atoms with E-state index in [9.17, 15) is 14.4 Å². The third-order valence-electron chi connectivity index (χ3n) is 4.38. The van der Waals surface area contributed by atoms with E-state index < -0.39 is 0 Å². The highest BCUT2D eigenvalue weighted by Crippen LogP contribution is 2.15. The van der Waals surface area contributed by atoms with Crippen molar-refractivity contribution in [3.8, 4) is 0 Å². The van der Waals surface area contributed by atoms with Gasteiger partial charge >= 0.3 is 0 Å². The number of imide groups is 1. The van der Waals surface area contributed by atoms with Gasteiger partial charge in [0.15, 0.2) is 0 Å². The first-order valence-electron chi connectivity index (χ1n) is 7.20. The smallest absolute Gasteiger partial charge is 0.240 e. The summed E-state index contributed by atoms with van der Waals surface area (Å²) in [7, 11) is 0. The van der Waals surface area contributed by atoms with Crippen LogP contribution in [0.2, 0.25) is 0 Å². The van der Waals surface area contributed by atoms with E-state index in [0.29, 0.717) is 12.6 Å².